The first-order valence-corrected chi connectivity index (χ1v) is 7.94. The minimum atomic E-state index is -4.30. The van der Waals surface area contributed by atoms with Crippen LogP contribution in [-0.4, -0.2) is 31.6 Å². The minimum Gasteiger partial charge on any atom is -0.384 e. The van der Waals surface area contributed by atoms with Crippen LogP contribution in [0.5, 0.6) is 0 Å². The molecular formula is C15H20BrF3N2. The van der Waals surface area contributed by atoms with E-state index >= 15 is 0 Å². The normalized spacial score (nSPS) is 18.0. The maximum absolute atomic E-state index is 12.6. The number of nitrogens with one attached hydrogen (secondary N) is 1. The average Bonchev–Trinajstić information content (AvgIpc) is 2.41. The monoisotopic (exact) mass is 364 g/mol. The molecule has 6 heteroatoms. The Morgan fingerprint density at radius 2 is 1.95 bits per heavy atom. The Bertz CT molecular complexity index is 468. The van der Waals surface area contributed by atoms with Crippen molar-refractivity contribution < 1.29 is 13.2 Å². The lowest BCUT2D eigenvalue weighted by Gasteiger charge is -2.29. The zero-order valence-corrected chi connectivity index (χ0v) is 13.6. The number of benzene rings is 1. The molecule has 1 saturated heterocycles. The number of hydrogen-bond donors (Lipinski definition) is 1. The summed E-state index contributed by atoms with van der Waals surface area (Å²) in [4.78, 5) is 2.33. The molecular weight excluding hydrogens is 345 g/mol. The number of anilines is 1. The first kappa shape index (κ1) is 16.6. The molecule has 1 heterocycles. The van der Waals surface area contributed by atoms with Crippen LogP contribution >= 0.6 is 15.9 Å². The van der Waals surface area contributed by atoms with Crippen molar-refractivity contribution in [1.82, 2.24) is 4.90 Å². The highest BCUT2D eigenvalue weighted by molar-refractivity contribution is 9.10. The molecule has 0 atom stereocenters. The summed E-state index contributed by atoms with van der Waals surface area (Å²) in [6.45, 7) is 3.06. The smallest absolute Gasteiger partial charge is 0.384 e. The van der Waals surface area contributed by atoms with E-state index in [0.717, 1.165) is 43.9 Å². The molecule has 21 heavy (non-hydrogen) atoms. The molecule has 1 N–H and O–H groups in total. The summed E-state index contributed by atoms with van der Waals surface area (Å²) in [7, 11) is 2.13. The van der Waals surface area contributed by atoms with Crippen LogP contribution in [0.25, 0.3) is 0 Å². The Labute approximate surface area is 131 Å². The van der Waals surface area contributed by atoms with Gasteiger partial charge in [0.1, 0.15) is 0 Å². The van der Waals surface area contributed by atoms with Gasteiger partial charge in [0.2, 0.25) is 0 Å². The third kappa shape index (κ3) is 4.88. The van der Waals surface area contributed by atoms with Crippen molar-refractivity contribution in [3.05, 3.63) is 28.2 Å². The highest BCUT2D eigenvalue weighted by Gasteiger charge is 2.30. The van der Waals surface area contributed by atoms with E-state index in [2.05, 4.69) is 33.2 Å². The van der Waals surface area contributed by atoms with Crippen molar-refractivity contribution in [2.75, 3.05) is 32.0 Å². The van der Waals surface area contributed by atoms with Crippen molar-refractivity contribution in [3.8, 4) is 0 Å². The molecule has 0 saturated carbocycles. The van der Waals surface area contributed by atoms with Gasteiger partial charge in [-0.15, -0.1) is 0 Å². The zero-order valence-electron chi connectivity index (χ0n) is 12.0. The van der Waals surface area contributed by atoms with Crippen LogP contribution in [-0.2, 0) is 6.18 Å². The summed E-state index contributed by atoms with van der Waals surface area (Å²) in [5.74, 6) is 0.710. The Balaban J connectivity index is 1.83. The standard InChI is InChI=1S/C15H20BrF3N2/c1-21-8-5-11(6-9-21)4-7-20-14-3-2-12(10-13(14)16)15(17,18)19/h2-3,10-11,20H,4-9H2,1H3. The van der Waals surface area contributed by atoms with Gasteiger partial charge in [-0.3, -0.25) is 0 Å². The lowest BCUT2D eigenvalue weighted by Crippen LogP contribution is -2.30. The lowest BCUT2D eigenvalue weighted by molar-refractivity contribution is -0.137. The lowest BCUT2D eigenvalue weighted by atomic mass is 9.94. The predicted octanol–water partition coefficient (Wildman–Crippen LogP) is 4.61. The van der Waals surface area contributed by atoms with E-state index in [-0.39, 0.29) is 0 Å². The van der Waals surface area contributed by atoms with E-state index in [1.807, 2.05) is 0 Å². The van der Waals surface area contributed by atoms with Crippen LogP contribution < -0.4 is 5.32 Å². The van der Waals surface area contributed by atoms with Crippen molar-refractivity contribution in [1.29, 1.82) is 0 Å². The van der Waals surface area contributed by atoms with E-state index in [9.17, 15) is 13.2 Å². The largest absolute Gasteiger partial charge is 0.416 e. The van der Waals surface area contributed by atoms with Crippen LogP contribution in [0.4, 0.5) is 18.9 Å². The number of piperidine rings is 1. The molecule has 118 valence electrons. The fraction of sp³-hybridized carbons (Fsp3) is 0.600. The molecule has 0 spiro atoms. The summed E-state index contributed by atoms with van der Waals surface area (Å²) in [5.41, 5.74) is 0.0890. The molecule has 2 rings (SSSR count). The van der Waals surface area contributed by atoms with Crippen molar-refractivity contribution in [2.45, 2.75) is 25.4 Å². The van der Waals surface area contributed by atoms with Gasteiger partial charge in [-0.05, 0) is 79.4 Å². The zero-order chi connectivity index (χ0) is 15.5. The SMILES string of the molecule is CN1CCC(CCNc2ccc(C(F)(F)F)cc2Br)CC1. The molecule has 1 fully saturated rings. The molecule has 2 nitrogen and oxygen atoms in total. The summed E-state index contributed by atoms with van der Waals surface area (Å²) in [6.07, 6.45) is -0.838. The number of nitrogens with zero attached hydrogens (tertiary/aromatic N) is 1. The van der Waals surface area contributed by atoms with E-state index in [1.165, 1.54) is 18.9 Å². The molecule has 0 unspecified atom stereocenters. The number of likely N-dealkylation sites (tertiary alicyclic amines) is 1. The van der Waals surface area contributed by atoms with Crippen LogP contribution in [0.15, 0.2) is 22.7 Å². The van der Waals surface area contributed by atoms with E-state index in [1.54, 1.807) is 0 Å². The van der Waals surface area contributed by atoms with Gasteiger partial charge in [-0.2, -0.15) is 13.2 Å². The van der Waals surface area contributed by atoms with Crippen LogP contribution in [0, 0.1) is 5.92 Å². The van der Waals surface area contributed by atoms with Gasteiger partial charge in [0.05, 0.1) is 5.56 Å². The number of hydrogen-bond acceptors (Lipinski definition) is 2. The summed E-state index contributed by atoms with van der Waals surface area (Å²) in [6, 6.07) is 3.72. The van der Waals surface area contributed by atoms with E-state index in [4.69, 9.17) is 0 Å². The maximum Gasteiger partial charge on any atom is 0.416 e. The number of halogens is 4. The van der Waals surface area contributed by atoms with Crippen LogP contribution in [0.2, 0.25) is 0 Å². The summed E-state index contributed by atoms with van der Waals surface area (Å²) >= 11 is 3.20. The Morgan fingerprint density at radius 3 is 2.52 bits per heavy atom. The van der Waals surface area contributed by atoms with E-state index < -0.39 is 11.7 Å². The Kier molecular flexibility index (Phi) is 5.54. The summed E-state index contributed by atoms with van der Waals surface area (Å²) in [5, 5.41) is 3.22. The van der Waals surface area contributed by atoms with Crippen LogP contribution in [0.3, 0.4) is 0 Å². The fourth-order valence-corrected chi connectivity index (χ4v) is 3.12. The van der Waals surface area contributed by atoms with Gasteiger partial charge in [-0.1, -0.05) is 0 Å². The second kappa shape index (κ2) is 7.01. The molecule has 1 aromatic rings. The second-order valence-corrected chi connectivity index (χ2v) is 6.51. The highest BCUT2D eigenvalue weighted by atomic mass is 79.9. The van der Waals surface area contributed by atoms with Gasteiger partial charge in [0.15, 0.2) is 0 Å². The fourth-order valence-electron chi connectivity index (χ4n) is 2.60. The van der Waals surface area contributed by atoms with Crippen molar-refractivity contribution in [2.24, 2.45) is 5.92 Å². The molecule has 1 aliphatic heterocycles. The third-order valence-corrected chi connectivity index (χ3v) is 4.66. The molecule has 0 amide bonds. The first-order chi connectivity index (χ1) is 9.86. The first-order valence-electron chi connectivity index (χ1n) is 7.15. The van der Waals surface area contributed by atoms with Gasteiger partial charge >= 0.3 is 6.18 Å². The van der Waals surface area contributed by atoms with Crippen molar-refractivity contribution in [3.63, 3.8) is 0 Å². The predicted molar refractivity (Wildman–Crippen MR) is 82.5 cm³/mol. The second-order valence-electron chi connectivity index (χ2n) is 5.65. The third-order valence-electron chi connectivity index (χ3n) is 4.00. The molecule has 0 aromatic heterocycles. The summed E-state index contributed by atoms with van der Waals surface area (Å²) < 4.78 is 38.2. The molecule has 0 bridgehead atoms. The van der Waals surface area contributed by atoms with Gasteiger partial charge < -0.3 is 10.2 Å². The van der Waals surface area contributed by atoms with E-state index in [0.29, 0.717) is 10.4 Å². The average molecular weight is 365 g/mol. The minimum absolute atomic E-state index is 0.459. The Morgan fingerprint density at radius 1 is 1.29 bits per heavy atom. The Hall–Kier alpha value is -0.750. The maximum atomic E-state index is 12.6. The number of rotatable bonds is 4. The molecule has 0 aliphatic carbocycles. The van der Waals surface area contributed by atoms with Gasteiger partial charge in [0, 0.05) is 16.7 Å². The molecule has 0 radical (unpaired) electrons. The topological polar surface area (TPSA) is 15.3 Å². The van der Waals surface area contributed by atoms with Gasteiger partial charge in [0.25, 0.3) is 0 Å². The number of alkyl halides is 3. The molecule has 1 aliphatic rings. The quantitative estimate of drug-likeness (QED) is 0.838. The van der Waals surface area contributed by atoms with Crippen molar-refractivity contribution >= 4 is 21.6 Å². The molecule has 1 aromatic carbocycles. The van der Waals surface area contributed by atoms with Gasteiger partial charge in [-0.25, -0.2) is 0 Å². The van der Waals surface area contributed by atoms with Crippen LogP contribution in [0.1, 0.15) is 24.8 Å². The highest BCUT2D eigenvalue weighted by Crippen LogP contribution is 2.34.